The van der Waals surface area contributed by atoms with Gasteiger partial charge in [-0.05, 0) is 0 Å². The summed E-state index contributed by atoms with van der Waals surface area (Å²) in [5, 5.41) is 19.6. The molecular weight excluding hydrogens is 515 g/mol. The third-order valence-corrected chi connectivity index (χ3v) is 5.33. The molecule has 0 bridgehead atoms. The number of nitrogens with one attached hydrogen (secondary N) is 2. The number of amides is 1. The van der Waals surface area contributed by atoms with Crippen molar-refractivity contribution in [3.63, 3.8) is 0 Å². The average Bonchev–Trinajstić information content (AvgIpc) is 2.58. The van der Waals surface area contributed by atoms with Crippen LogP contribution in [0.2, 0.25) is 0 Å². The van der Waals surface area contributed by atoms with Gasteiger partial charge in [-0.25, -0.2) is 0 Å². The molecule has 0 saturated carbocycles. The van der Waals surface area contributed by atoms with E-state index in [1.807, 2.05) is 24.3 Å². The van der Waals surface area contributed by atoms with Gasteiger partial charge in [0.15, 0.2) is 0 Å². The van der Waals surface area contributed by atoms with E-state index in [0.717, 1.165) is 15.6 Å². The summed E-state index contributed by atoms with van der Waals surface area (Å²) in [6, 6.07) is 14.6. The molecule has 130 valence electrons. The van der Waals surface area contributed by atoms with E-state index in [0.29, 0.717) is 23.0 Å². The molecule has 25 heavy (non-hydrogen) atoms. The SMILES string of the molecule is Br.N#Cc1ccc(CNC(=O)c2ccc(Br)cc2C[Se]C(=N)N)cc1. The quantitative estimate of drug-likeness (QED) is 0.304. The Morgan fingerprint density at radius 1 is 1.28 bits per heavy atom. The van der Waals surface area contributed by atoms with Crippen LogP contribution in [0.3, 0.4) is 0 Å². The summed E-state index contributed by atoms with van der Waals surface area (Å²) in [5.74, 6) is -0.166. The number of halogens is 2. The standard InChI is InChI=1S/C17H15BrN4OSe.BrH/c18-14-5-6-15(13(7-14)10-24-17(20)21)16(23)22-9-12-3-1-11(8-19)2-4-12;/h1-7H,9-10H2,(H3,20,21)(H,22,23);1H. The number of nitrogens with zero attached hydrogens (tertiary/aromatic N) is 1. The van der Waals surface area contributed by atoms with E-state index < -0.39 is 0 Å². The van der Waals surface area contributed by atoms with Crippen LogP contribution in [0.5, 0.6) is 0 Å². The average molecular weight is 531 g/mol. The Morgan fingerprint density at radius 2 is 1.96 bits per heavy atom. The molecule has 0 aliphatic carbocycles. The zero-order chi connectivity index (χ0) is 17.5. The normalized spacial score (nSPS) is 9.60. The minimum atomic E-state index is -0.166. The molecule has 2 rings (SSSR count). The first-order valence-corrected chi connectivity index (χ1v) is 9.88. The van der Waals surface area contributed by atoms with Gasteiger partial charge in [0.05, 0.1) is 0 Å². The van der Waals surface area contributed by atoms with Crippen molar-refractivity contribution in [1.29, 1.82) is 10.7 Å². The van der Waals surface area contributed by atoms with Gasteiger partial charge in [0, 0.05) is 0 Å². The van der Waals surface area contributed by atoms with Gasteiger partial charge in [-0.2, -0.15) is 0 Å². The maximum atomic E-state index is 12.5. The molecule has 0 aromatic heterocycles. The number of hydrogen-bond acceptors (Lipinski definition) is 3. The molecule has 0 radical (unpaired) electrons. The molecule has 0 unspecified atom stereocenters. The Kier molecular flexibility index (Phi) is 8.87. The zero-order valence-electron chi connectivity index (χ0n) is 13.1. The number of carbonyl (C=O) groups is 1. The Labute approximate surface area is 171 Å². The molecule has 1 amide bonds. The Morgan fingerprint density at radius 3 is 2.56 bits per heavy atom. The molecule has 2 aromatic rings. The number of nitrogens with two attached hydrogens (primary N) is 1. The monoisotopic (exact) mass is 530 g/mol. The van der Waals surface area contributed by atoms with Crippen LogP contribution in [-0.2, 0) is 11.9 Å². The van der Waals surface area contributed by atoms with Gasteiger partial charge >= 0.3 is 155 Å². The molecule has 0 fully saturated rings. The fraction of sp³-hybridized carbons (Fsp3) is 0.118. The number of hydrogen-bond donors (Lipinski definition) is 3. The van der Waals surface area contributed by atoms with E-state index in [4.69, 9.17) is 16.4 Å². The van der Waals surface area contributed by atoms with Crippen molar-refractivity contribution in [2.75, 3.05) is 0 Å². The van der Waals surface area contributed by atoms with E-state index in [2.05, 4.69) is 27.3 Å². The molecule has 0 aliphatic rings. The molecular formula is C17H16Br2N4OSe. The summed E-state index contributed by atoms with van der Waals surface area (Å²) >= 11 is 3.24. The molecule has 0 saturated heterocycles. The van der Waals surface area contributed by atoms with Crippen LogP contribution < -0.4 is 11.1 Å². The van der Waals surface area contributed by atoms with Crippen molar-refractivity contribution < 1.29 is 4.79 Å². The van der Waals surface area contributed by atoms with Crippen molar-refractivity contribution in [2.24, 2.45) is 5.73 Å². The maximum absolute atomic E-state index is 12.5. The van der Waals surface area contributed by atoms with Crippen molar-refractivity contribution >= 4 is 58.5 Å². The van der Waals surface area contributed by atoms with Gasteiger partial charge < -0.3 is 0 Å². The van der Waals surface area contributed by atoms with Crippen molar-refractivity contribution in [1.82, 2.24) is 5.32 Å². The third-order valence-electron chi connectivity index (χ3n) is 3.23. The summed E-state index contributed by atoms with van der Waals surface area (Å²) < 4.78 is 1.05. The molecule has 0 aliphatic heterocycles. The molecule has 5 nitrogen and oxygen atoms in total. The predicted molar refractivity (Wildman–Crippen MR) is 108 cm³/mol. The Bertz CT molecular complexity index is 803. The molecule has 8 heteroatoms. The van der Waals surface area contributed by atoms with Crippen LogP contribution in [0.4, 0.5) is 0 Å². The Hall–Kier alpha value is -1.65. The number of carbonyl (C=O) groups excluding carboxylic acids is 1. The molecule has 2 aromatic carbocycles. The summed E-state index contributed by atoms with van der Waals surface area (Å²) in [6.07, 6.45) is 0. The summed E-state index contributed by atoms with van der Waals surface area (Å²) in [7, 11) is 0. The minimum absolute atomic E-state index is 0. The first-order valence-electron chi connectivity index (χ1n) is 7.02. The summed E-state index contributed by atoms with van der Waals surface area (Å²) in [4.78, 5) is 12.5. The molecule has 0 heterocycles. The topological polar surface area (TPSA) is 103 Å². The second-order valence-electron chi connectivity index (χ2n) is 4.95. The predicted octanol–water partition coefficient (Wildman–Crippen LogP) is 2.93. The zero-order valence-corrected chi connectivity index (χ0v) is 18.1. The van der Waals surface area contributed by atoms with Gasteiger partial charge in [0.25, 0.3) is 0 Å². The van der Waals surface area contributed by atoms with Crippen LogP contribution in [0, 0.1) is 16.7 Å². The second kappa shape index (κ2) is 10.4. The van der Waals surface area contributed by atoms with Crippen LogP contribution in [-0.4, -0.2) is 25.6 Å². The third kappa shape index (κ3) is 6.63. The number of rotatable bonds is 6. The number of nitriles is 1. The molecule has 0 atom stereocenters. The second-order valence-corrected chi connectivity index (χ2v) is 8.00. The summed E-state index contributed by atoms with van der Waals surface area (Å²) in [5.41, 5.74) is 8.42. The van der Waals surface area contributed by atoms with Gasteiger partial charge in [-0.15, -0.1) is 17.0 Å². The summed E-state index contributed by atoms with van der Waals surface area (Å²) in [6.45, 7) is 0.387. The number of benzene rings is 2. The van der Waals surface area contributed by atoms with Crippen LogP contribution in [0.1, 0.15) is 27.0 Å². The van der Waals surface area contributed by atoms with E-state index in [1.54, 1.807) is 18.2 Å². The first kappa shape index (κ1) is 21.4. The van der Waals surface area contributed by atoms with Crippen LogP contribution in [0.15, 0.2) is 46.9 Å². The van der Waals surface area contributed by atoms with Crippen molar-refractivity contribution in [3.05, 3.63) is 69.2 Å². The van der Waals surface area contributed by atoms with Crippen LogP contribution in [0.25, 0.3) is 0 Å². The van der Waals surface area contributed by atoms with Gasteiger partial charge in [-0.1, -0.05) is 0 Å². The van der Waals surface area contributed by atoms with Crippen molar-refractivity contribution in [3.8, 4) is 6.07 Å². The fourth-order valence-corrected chi connectivity index (χ4v) is 3.60. The Balaban J connectivity index is 0.00000312. The molecule has 4 N–H and O–H groups in total. The fourth-order valence-electron chi connectivity index (χ4n) is 2.03. The van der Waals surface area contributed by atoms with E-state index in [1.165, 1.54) is 0 Å². The van der Waals surface area contributed by atoms with Crippen LogP contribution >= 0.6 is 32.9 Å². The van der Waals surface area contributed by atoms with E-state index in [-0.39, 0.29) is 42.6 Å². The molecule has 0 spiro atoms. The van der Waals surface area contributed by atoms with Gasteiger partial charge in [-0.3, -0.25) is 0 Å². The van der Waals surface area contributed by atoms with Gasteiger partial charge in [0.1, 0.15) is 0 Å². The number of amidine groups is 1. The first-order chi connectivity index (χ1) is 11.5. The van der Waals surface area contributed by atoms with E-state index in [9.17, 15) is 4.79 Å². The van der Waals surface area contributed by atoms with Gasteiger partial charge in [0.2, 0.25) is 0 Å². The van der Waals surface area contributed by atoms with E-state index >= 15 is 0 Å². The van der Waals surface area contributed by atoms with Crippen molar-refractivity contribution in [2.45, 2.75) is 11.9 Å².